The van der Waals surface area contributed by atoms with Gasteiger partial charge < -0.3 is 15.4 Å². The van der Waals surface area contributed by atoms with E-state index in [2.05, 4.69) is 4.74 Å². The largest absolute Gasteiger partial charge is 0.447 e. The van der Waals surface area contributed by atoms with E-state index in [0.717, 1.165) is 5.69 Å². The third-order valence-corrected chi connectivity index (χ3v) is 2.01. The quantitative estimate of drug-likeness (QED) is 0.606. The lowest BCUT2D eigenvalue weighted by atomic mass is 10.1. The Hall–Kier alpha value is -2.22. The number of hydrogen-bond acceptors (Lipinski definition) is 5. The van der Waals surface area contributed by atoms with Crippen LogP contribution >= 0.6 is 0 Å². The summed E-state index contributed by atoms with van der Waals surface area (Å²) in [7, 11) is 3.72. The summed E-state index contributed by atoms with van der Waals surface area (Å²) in [5.41, 5.74) is 7.45. The molecule has 0 aliphatic heterocycles. The molecule has 1 aromatic carbocycles. The zero-order chi connectivity index (χ0) is 12.1. The number of carbonyl (C=O) groups is 1. The summed E-state index contributed by atoms with van der Waals surface area (Å²) in [6.45, 7) is -0.256. The molecule has 0 saturated heterocycles. The van der Waals surface area contributed by atoms with Crippen molar-refractivity contribution in [2.75, 3.05) is 31.3 Å². The molecule has 0 saturated carbocycles. The molecule has 0 unspecified atom stereocenters. The Morgan fingerprint density at radius 3 is 2.75 bits per heavy atom. The van der Waals surface area contributed by atoms with Gasteiger partial charge >= 0.3 is 5.97 Å². The van der Waals surface area contributed by atoms with Crippen LogP contribution < -0.4 is 10.6 Å². The van der Waals surface area contributed by atoms with E-state index < -0.39 is 5.97 Å². The Kier molecular flexibility index (Phi) is 3.72. The molecule has 0 bridgehead atoms. The molecule has 0 aromatic heterocycles. The van der Waals surface area contributed by atoms with Crippen molar-refractivity contribution >= 4 is 17.3 Å². The molecule has 1 rings (SSSR count). The molecule has 0 aliphatic rings. The minimum Gasteiger partial charge on any atom is -0.447 e. The first-order valence-corrected chi connectivity index (χ1v) is 4.67. The predicted octanol–water partition coefficient (Wildman–Crippen LogP) is 1.02. The van der Waals surface area contributed by atoms with Gasteiger partial charge in [-0.1, -0.05) is 0 Å². The summed E-state index contributed by atoms with van der Waals surface area (Å²) in [6.07, 6.45) is 0. The van der Waals surface area contributed by atoms with Gasteiger partial charge in [0.2, 0.25) is 0 Å². The smallest absolute Gasteiger partial charge is 0.339 e. The van der Waals surface area contributed by atoms with Crippen LogP contribution in [0.2, 0.25) is 0 Å². The molecule has 16 heavy (non-hydrogen) atoms. The average molecular weight is 219 g/mol. The number of nitriles is 1. The fraction of sp³-hybridized carbons (Fsp3) is 0.273. The van der Waals surface area contributed by atoms with Crippen molar-refractivity contribution in [1.29, 1.82) is 5.26 Å². The average Bonchev–Trinajstić information content (AvgIpc) is 2.25. The number of nitrogen functional groups attached to an aromatic ring is 1. The number of nitrogens with two attached hydrogens (primary N) is 1. The standard InChI is InChI=1S/C11H13N3O2/c1-14(2)10-4-3-8(7-9(10)13)11(15)16-6-5-12/h3-4,7H,6,13H2,1-2H3. The van der Waals surface area contributed by atoms with Crippen LogP contribution in [0.3, 0.4) is 0 Å². The number of hydrogen-bond donors (Lipinski definition) is 1. The third kappa shape index (κ3) is 2.64. The lowest BCUT2D eigenvalue weighted by Gasteiger charge is -2.15. The van der Waals surface area contributed by atoms with Gasteiger partial charge in [-0.3, -0.25) is 0 Å². The molecular weight excluding hydrogens is 206 g/mol. The molecule has 0 fully saturated rings. The van der Waals surface area contributed by atoms with Gasteiger partial charge in [-0.2, -0.15) is 5.26 Å². The number of nitrogens with zero attached hydrogens (tertiary/aromatic N) is 2. The van der Waals surface area contributed by atoms with Gasteiger partial charge in [-0.05, 0) is 18.2 Å². The highest BCUT2D eigenvalue weighted by atomic mass is 16.5. The van der Waals surface area contributed by atoms with E-state index in [1.807, 2.05) is 19.0 Å². The second-order valence-electron chi connectivity index (χ2n) is 3.40. The molecular formula is C11H13N3O2. The lowest BCUT2D eigenvalue weighted by Crippen LogP contribution is -2.12. The molecule has 84 valence electrons. The number of benzene rings is 1. The van der Waals surface area contributed by atoms with E-state index in [9.17, 15) is 4.79 Å². The molecule has 0 aliphatic carbocycles. The highest BCUT2D eigenvalue weighted by molar-refractivity contribution is 5.92. The zero-order valence-electron chi connectivity index (χ0n) is 9.23. The van der Waals surface area contributed by atoms with E-state index >= 15 is 0 Å². The summed E-state index contributed by atoms with van der Waals surface area (Å²) in [5.74, 6) is -0.543. The highest BCUT2D eigenvalue weighted by Crippen LogP contribution is 2.22. The van der Waals surface area contributed by atoms with Gasteiger partial charge in [0.15, 0.2) is 6.61 Å². The van der Waals surface area contributed by atoms with Gasteiger partial charge in [0.1, 0.15) is 6.07 Å². The molecule has 0 radical (unpaired) electrons. The number of carbonyl (C=O) groups excluding carboxylic acids is 1. The van der Waals surface area contributed by atoms with Crippen LogP contribution in [0.5, 0.6) is 0 Å². The van der Waals surface area contributed by atoms with Crippen LogP contribution in [0.15, 0.2) is 18.2 Å². The molecule has 0 amide bonds. The van der Waals surface area contributed by atoms with Crippen molar-refractivity contribution in [3.8, 4) is 6.07 Å². The van der Waals surface area contributed by atoms with Crippen molar-refractivity contribution in [3.63, 3.8) is 0 Å². The minimum atomic E-state index is -0.543. The number of anilines is 2. The topological polar surface area (TPSA) is 79.3 Å². The van der Waals surface area contributed by atoms with E-state index in [4.69, 9.17) is 11.0 Å². The fourth-order valence-corrected chi connectivity index (χ4v) is 1.27. The Balaban J connectivity index is 2.89. The number of esters is 1. The third-order valence-electron chi connectivity index (χ3n) is 2.01. The predicted molar refractivity (Wildman–Crippen MR) is 61.1 cm³/mol. The molecule has 0 spiro atoms. The first-order chi connectivity index (χ1) is 7.56. The van der Waals surface area contributed by atoms with E-state index in [0.29, 0.717) is 11.3 Å². The van der Waals surface area contributed by atoms with Crippen LogP contribution in [0, 0.1) is 11.3 Å². The van der Waals surface area contributed by atoms with Gasteiger partial charge in [0.25, 0.3) is 0 Å². The number of ether oxygens (including phenoxy) is 1. The Morgan fingerprint density at radius 2 is 2.25 bits per heavy atom. The van der Waals surface area contributed by atoms with Gasteiger partial charge in [0, 0.05) is 14.1 Å². The highest BCUT2D eigenvalue weighted by Gasteiger charge is 2.09. The summed E-state index contributed by atoms with van der Waals surface area (Å²) in [5, 5.41) is 8.27. The van der Waals surface area contributed by atoms with E-state index in [1.54, 1.807) is 18.2 Å². The summed E-state index contributed by atoms with van der Waals surface area (Å²) in [6, 6.07) is 6.62. The van der Waals surface area contributed by atoms with Crippen molar-refractivity contribution < 1.29 is 9.53 Å². The molecule has 5 nitrogen and oxygen atoms in total. The van der Waals surface area contributed by atoms with Crippen LogP contribution in [-0.4, -0.2) is 26.7 Å². The number of rotatable bonds is 3. The maximum atomic E-state index is 11.4. The van der Waals surface area contributed by atoms with Crippen molar-refractivity contribution in [2.45, 2.75) is 0 Å². The molecule has 2 N–H and O–H groups in total. The van der Waals surface area contributed by atoms with Crippen molar-refractivity contribution in [1.82, 2.24) is 0 Å². The first-order valence-electron chi connectivity index (χ1n) is 4.67. The van der Waals surface area contributed by atoms with Crippen molar-refractivity contribution in [2.24, 2.45) is 0 Å². The SMILES string of the molecule is CN(C)c1ccc(C(=O)OCC#N)cc1N. The maximum absolute atomic E-state index is 11.4. The first kappa shape index (κ1) is 11.9. The summed E-state index contributed by atoms with van der Waals surface area (Å²) in [4.78, 5) is 13.2. The second kappa shape index (κ2) is 5.03. The zero-order valence-corrected chi connectivity index (χ0v) is 9.23. The summed E-state index contributed by atoms with van der Waals surface area (Å²) >= 11 is 0. The normalized spacial score (nSPS) is 9.31. The van der Waals surface area contributed by atoms with E-state index in [-0.39, 0.29) is 6.61 Å². The van der Waals surface area contributed by atoms with E-state index in [1.165, 1.54) is 6.07 Å². The van der Waals surface area contributed by atoms with Gasteiger partial charge in [-0.15, -0.1) is 0 Å². The fourth-order valence-electron chi connectivity index (χ4n) is 1.27. The second-order valence-corrected chi connectivity index (χ2v) is 3.40. The molecule has 0 atom stereocenters. The molecule has 0 heterocycles. The van der Waals surface area contributed by atoms with Crippen molar-refractivity contribution in [3.05, 3.63) is 23.8 Å². The maximum Gasteiger partial charge on any atom is 0.339 e. The van der Waals surface area contributed by atoms with Gasteiger partial charge in [0.05, 0.1) is 16.9 Å². The Morgan fingerprint density at radius 1 is 1.56 bits per heavy atom. The molecule has 1 aromatic rings. The van der Waals surface area contributed by atoms with Crippen LogP contribution in [0.4, 0.5) is 11.4 Å². The van der Waals surface area contributed by atoms with Crippen LogP contribution in [0.25, 0.3) is 0 Å². The minimum absolute atomic E-state index is 0.256. The van der Waals surface area contributed by atoms with Crippen LogP contribution in [-0.2, 0) is 4.74 Å². The molecule has 5 heteroatoms. The monoisotopic (exact) mass is 219 g/mol. The lowest BCUT2D eigenvalue weighted by molar-refractivity contribution is 0.0555. The van der Waals surface area contributed by atoms with Gasteiger partial charge in [-0.25, -0.2) is 4.79 Å². The van der Waals surface area contributed by atoms with Crippen LogP contribution in [0.1, 0.15) is 10.4 Å². The Bertz CT molecular complexity index is 435. The summed E-state index contributed by atoms with van der Waals surface area (Å²) < 4.78 is 4.66. The Labute approximate surface area is 94.0 Å².